The Morgan fingerprint density at radius 2 is 1.60 bits per heavy atom. The summed E-state index contributed by atoms with van der Waals surface area (Å²) in [5.74, 6) is 0.00377. The van der Waals surface area contributed by atoms with Crippen molar-refractivity contribution in [2.45, 2.75) is 77.5 Å². The maximum absolute atomic E-state index is 12.9. The molecule has 0 bridgehead atoms. The van der Waals surface area contributed by atoms with Gasteiger partial charge in [-0.25, -0.2) is 4.79 Å². The Bertz CT molecular complexity index is 1040. The Morgan fingerprint density at radius 1 is 1.00 bits per heavy atom. The summed E-state index contributed by atoms with van der Waals surface area (Å²) in [5.41, 5.74) is 2.21. The Hall–Kier alpha value is -2.63. The van der Waals surface area contributed by atoms with E-state index in [0.717, 1.165) is 24.8 Å². The Kier molecular flexibility index (Phi) is 7.67. The number of hydrogen-bond acceptors (Lipinski definition) is 4. The van der Waals surface area contributed by atoms with Crippen LogP contribution in [0.1, 0.15) is 60.3 Å². The molecule has 0 radical (unpaired) electrons. The first kappa shape index (κ1) is 25.5. The maximum atomic E-state index is 12.9. The predicted molar refractivity (Wildman–Crippen MR) is 143 cm³/mol. The first-order chi connectivity index (χ1) is 16.7. The fraction of sp³-hybridized carbons (Fsp3) is 0.433. The minimum atomic E-state index is -2.65. The quantitative estimate of drug-likeness (QED) is 0.285. The standard InChI is InChI=1S/C30H38O4Si/c1-22-13-12-14-24(19-22)34-29(31)28-23(2)20-25(33-28)21-32-35(30(3,4)5,26-15-8-6-9-16-26)27-17-10-7-11-18-27/h6-11,15-19,24-25H,12-14,20-21H2,1-5H3/t24-,25+/m1/s1. The van der Waals surface area contributed by atoms with Crippen molar-refractivity contribution in [3.63, 3.8) is 0 Å². The van der Waals surface area contributed by atoms with Crippen molar-refractivity contribution in [3.8, 4) is 0 Å². The van der Waals surface area contributed by atoms with Gasteiger partial charge in [-0.15, -0.1) is 0 Å². The number of esters is 1. The molecule has 1 aliphatic heterocycles. The molecule has 0 amide bonds. The van der Waals surface area contributed by atoms with Crippen molar-refractivity contribution in [3.05, 3.63) is 83.6 Å². The number of hydrogen-bond donors (Lipinski definition) is 0. The van der Waals surface area contributed by atoms with Crippen molar-refractivity contribution in [1.82, 2.24) is 0 Å². The lowest BCUT2D eigenvalue weighted by Crippen LogP contribution is -2.67. The van der Waals surface area contributed by atoms with Gasteiger partial charge in [0, 0.05) is 6.42 Å². The molecule has 0 fully saturated rings. The largest absolute Gasteiger partial charge is 0.481 e. The first-order valence-corrected chi connectivity index (χ1v) is 14.6. The zero-order chi connectivity index (χ0) is 25.1. The van der Waals surface area contributed by atoms with E-state index >= 15 is 0 Å². The van der Waals surface area contributed by atoms with Crippen molar-refractivity contribution >= 4 is 24.7 Å². The summed E-state index contributed by atoms with van der Waals surface area (Å²) in [4.78, 5) is 12.9. The van der Waals surface area contributed by atoms with Crippen LogP contribution in [0, 0.1) is 0 Å². The van der Waals surface area contributed by atoms with Gasteiger partial charge in [-0.05, 0) is 60.2 Å². The zero-order valence-electron chi connectivity index (χ0n) is 21.7. The van der Waals surface area contributed by atoms with Crippen LogP contribution < -0.4 is 10.4 Å². The van der Waals surface area contributed by atoms with Crippen LogP contribution in [0.2, 0.25) is 5.04 Å². The minimum Gasteiger partial charge on any atom is -0.481 e. The summed E-state index contributed by atoms with van der Waals surface area (Å²) >= 11 is 0. The molecule has 0 unspecified atom stereocenters. The molecule has 0 aromatic heterocycles. The number of carbonyl (C=O) groups excluding carboxylic acids is 1. The van der Waals surface area contributed by atoms with Gasteiger partial charge in [0.05, 0.1) is 6.61 Å². The number of carbonyl (C=O) groups is 1. The molecule has 2 aromatic carbocycles. The van der Waals surface area contributed by atoms with E-state index in [-0.39, 0.29) is 23.2 Å². The molecule has 2 aliphatic rings. The second kappa shape index (κ2) is 10.5. The molecule has 0 spiro atoms. The van der Waals surface area contributed by atoms with Crippen molar-refractivity contribution in [1.29, 1.82) is 0 Å². The van der Waals surface area contributed by atoms with Crippen molar-refractivity contribution in [2.75, 3.05) is 6.61 Å². The van der Waals surface area contributed by atoms with E-state index in [1.54, 1.807) is 0 Å². The number of ether oxygens (including phenoxy) is 2. The van der Waals surface area contributed by atoms with Gasteiger partial charge in [-0.1, -0.05) is 87.0 Å². The van der Waals surface area contributed by atoms with Gasteiger partial charge in [0.15, 0.2) is 0 Å². The van der Waals surface area contributed by atoms with Crippen LogP contribution in [-0.2, 0) is 18.7 Å². The fourth-order valence-corrected chi connectivity index (χ4v) is 9.98. The third-order valence-corrected chi connectivity index (χ3v) is 12.1. The molecule has 2 aromatic rings. The highest BCUT2D eigenvalue weighted by atomic mass is 28.4. The van der Waals surface area contributed by atoms with Gasteiger partial charge in [0.25, 0.3) is 8.32 Å². The molecule has 4 rings (SSSR count). The Morgan fingerprint density at radius 3 is 2.14 bits per heavy atom. The van der Waals surface area contributed by atoms with E-state index in [4.69, 9.17) is 13.9 Å². The molecule has 5 heteroatoms. The Labute approximate surface area is 211 Å². The van der Waals surface area contributed by atoms with Crippen LogP contribution in [0.4, 0.5) is 0 Å². The average Bonchev–Trinajstić information content (AvgIpc) is 3.20. The van der Waals surface area contributed by atoms with Crippen LogP contribution in [0.3, 0.4) is 0 Å². The highest BCUT2D eigenvalue weighted by Crippen LogP contribution is 2.38. The predicted octanol–water partition coefficient (Wildman–Crippen LogP) is 5.67. The van der Waals surface area contributed by atoms with E-state index in [9.17, 15) is 4.79 Å². The van der Waals surface area contributed by atoms with E-state index in [0.29, 0.717) is 18.8 Å². The van der Waals surface area contributed by atoms with E-state index in [1.807, 2.05) is 19.1 Å². The zero-order valence-corrected chi connectivity index (χ0v) is 22.7. The summed E-state index contributed by atoms with van der Waals surface area (Å²) in [6, 6.07) is 21.2. The Balaban J connectivity index is 1.52. The van der Waals surface area contributed by atoms with Crippen molar-refractivity contribution in [2.24, 2.45) is 0 Å². The van der Waals surface area contributed by atoms with E-state index < -0.39 is 8.32 Å². The maximum Gasteiger partial charge on any atom is 0.374 e. The molecular weight excluding hydrogens is 452 g/mol. The molecule has 4 nitrogen and oxygen atoms in total. The van der Waals surface area contributed by atoms with Crippen molar-refractivity contribution < 1.29 is 18.7 Å². The van der Waals surface area contributed by atoms with Crippen LogP contribution in [0.15, 0.2) is 83.6 Å². The molecule has 0 saturated carbocycles. The topological polar surface area (TPSA) is 44.8 Å². The second-order valence-corrected chi connectivity index (χ2v) is 15.2. The van der Waals surface area contributed by atoms with Crippen LogP contribution in [-0.4, -0.2) is 33.1 Å². The smallest absolute Gasteiger partial charge is 0.374 e. The lowest BCUT2D eigenvalue weighted by atomic mass is 9.99. The van der Waals surface area contributed by atoms with E-state index in [2.05, 4.69) is 82.3 Å². The molecular formula is C30H38O4Si. The van der Waals surface area contributed by atoms with Crippen LogP contribution in [0.25, 0.3) is 0 Å². The summed E-state index contributed by atoms with van der Waals surface area (Å²) in [5, 5.41) is 2.37. The number of allylic oxidation sites excluding steroid dienone is 1. The SMILES string of the molecule is CC1=C[C@H](OC(=O)C2=C(C)C[C@@H](CO[Si](c3ccccc3)(c3ccccc3)C(C)(C)C)O2)CCC1. The van der Waals surface area contributed by atoms with Crippen LogP contribution in [0.5, 0.6) is 0 Å². The summed E-state index contributed by atoms with van der Waals surface area (Å²) < 4.78 is 19.0. The summed E-state index contributed by atoms with van der Waals surface area (Å²) in [6.45, 7) is 11.3. The molecule has 186 valence electrons. The van der Waals surface area contributed by atoms with Gasteiger partial charge in [-0.3, -0.25) is 0 Å². The monoisotopic (exact) mass is 490 g/mol. The number of benzene rings is 2. The van der Waals surface area contributed by atoms with Gasteiger partial charge in [0.2, 0.25) is 5.76 Å². The second-order valence-electron chi connectivity index (χ2n) is 10.9. The normalized spacial score (nSPS) is 20.9. The van der Waals surface area contributed by atoms with Gasteiger partial charge < -0.3 is 13.9 Å². The fourth-order valence-electron chi connectivity index (χ4n) is 5.39. The summed E-state index contributed by atoms with van der Waals surface area (Å²) in [6.07, 6.45) is 5.37. The highest BCUT2D eigenvalue weighted by Gasteiger charge is 2.50. The molecule has 1 aliphatic carbocycles. The molecule has 35 heavy (non-hydrogen) atoms. The lowest BCUT2D eigenvalue weighted by molar-refractivity contribution is -0.147. The van der Waals surface area contributed by atoms with Crippen LogP contribution >= 0.6 is 0 Å². The molecule has 0 N–H and O–H groups in total. The summed E-state index contributed by atoms with van der Waals surface area (Å²) in [7, 11) is -2.65. The molecule has 1 heterocycles. The van der Waals surface area contributed by atoms with Gasteiger partial charge >= 0.3 is 5.97 Å². The average molecular weight is 491 g/mol. The molecule has 0 saturated heterocycles. The lowest BCUT2D eigenvalue weighted by Gasteiger charge is -2.43. The molecule has 2 atom stereocenters. The third kappa shape index (κ3) is 5.46. The minimum absolute atomic E-state index is 0.107. The van der Waals surface area contributed by atoms with Gasteiger partial charge in [0.1, 0.15) is 12.2 Å². The third-order valence-electron chi connectivity index (χ3n) is 7.08. The highest BCUT2D eigenvalue weighted by molar-refractivity contribution is 6.99. The first-order valence-electron chi connectivity index (χ1n) is 12.7. The van der Waals surface area contributed by atoms with E-state index in [1.165, 1.54) is 15.9 Å². The van der Waals surface area contributed by atoms with Gasteiger partial charge in [-0.2, -0.15) is 0 Å². The number of rotatable bonds is 7.